The normalized spacial score (nSPS) is 18.9. The number of hydrogen-bond acceptors (Lipinski definition) is 3. The van der Waals surface area contributed by atoms with Gasteiger partial charge in [-0.05, 0) is 24.0 Å². The summed E-state index contributed by atoms with van der Waals surface area (Å²) < 4.78 is 0. The minimum atomic E-state index is 0.151. The van der Waals surface area contributed by atoms with E-state index in [1.54, 1.807) is 12.4 Å². The Morgan fingerprint density at radius 2 is 2.25 bits per heavy atom. The third-order valence-electron chi connectivity index (χ3n) is 3.42. The molecule has 0 amide bonds. The predicted molar refractivity (Wildman–Crippen MR) is 65.9 cm³/mol. The molecular weight excluding hydrogens is 222 g/mol. The maximum atomic E-state index is 6.13. The number of nitrogens with two attached hydrogens (primary N) is 1. The van der Waals surface area contributed by atoms with Crippen molar-refractivity contribution in [2.75, 3.05) is 0 Å². The standard InChI is InChI=1S/C12H18ClN3/c13-11-8-15-6-5-10(11)12(16-14)7-9-3-1-2-4-9/h5-6,8-9,12,16H,1-4,7,14H2. The maximum absolute atomic E-state index is 6.13. The zero-order valence-corrected chi connectivity index (χ0v) is 10.1. The Morgan fingerprint density at radius 1 is 1.50 bits per heavy atom. The number of nitrogens with zero attached hydrogens (tertiary/aromatic N) is 1. The summed E-state index contributed by atoms with van der Waals surface area (Å²) in [6, 6.07) is 2.10. The molecule has 1 fully saturated rings. The first-order valence-corrected chi connectivity index (χ1v) is 6.24. The van der Waals surface area contributed by atoms with Gasteiger partial charge in [0, 0.05) is 18.4 Å². The number of hydrogen-bond donors (Lipinski definition) is 2. The molecule has 16 heavy (non-hydrogen) atoms. The Morgan fingerprint density at radius 3 is 2.88 bits per heavy atom. The molecule has 0 aliphatic heterocycles. The smallest absolute Gasteiger partial charge is 0.0637 e. The van der Waals surface area contributed by atoms with Crippen molar-refractivity contribution in [3.8, 4) is 0 Å². The van der Waals surface area contributed by atoms with Crippen LogP contribution in [0.3, 0.4) is 0 Å². The summed E-state index contributed by atoms with van der Waals surface area (Å²) in [6.07, 6.45) is 9.86. The molecule has 1 aromatic rings. The first-order chi connectivity index (χ1) is 7.81. The van der Waals surface area contributed by atoms with E-state index in [2.05, 4.69) is 10.4 Å². The summed E-state index contributed by atoms with van der Waals surface area (Å²) >= 11 is 6.13. The highest BCUT2D eigenvalue weighted by molar-refractivity contribution is 6.31. The number of aromatic nitrogens is 1. The summed E-state index contributed by atoms with van der Waals surface area (Å²) in [7, 11) is 0. The monoisotopic (exact) mass is 239 g/mol. The van der Waals surface area contributed by atoms with E-state index in [0.717, 1.165) is 17.9 Å². The van der Waals surface area contributed by atoms with Crippen molar-refractivity contribution < 1.29 is 0 Å². The second kappa shape index (κ2) is 5.62. The summed E-state index contributed by atoms with van der Waals surface area (Å²) in [5, 5.41) is 0.698. The molecule has 1 saturated carbocycles. The Balaban J connectivity index is 2.06. The highest BCUT2D eigenvalue weighted by Gasteiger charge is 2.21. The van der Waals surface area contributed by atoms with E-state index >= 15 is 0 Å². The van der Waals surface area contributed by atoms with Gasteiger partial charge in [0.25, 0.3) is 0 Å². The quantitative estimate of drug-likeness (QED) is 0.628. The van der Waals surface area contributed by atoms with Gasteiger partial charge >= 0.3 is 0 Å². The molecule has 0 spiro atoms. The maximum Gasteiger partial charge on any atom is 0.0637 e. The summed E-state index contributed by atoms with van der Waals surface area (Å²) in [6.45, 7) is 0. The second-order valence-corrected chi connectivity index (χ2v) is 4.91. The minimum absolute atomic E-state index is 0.151. The molecule has 0 saturated heterocycles. The van der Waals surface area contributed by atoms with Crippen LogP contribution in [0.25, 0.3) is 0 Å². The minimum Gasteiger partial charge on any atom is -0.271 e. The van der Waals surface area contributed by atoms with Crippen molar-refractivity contribution in [1.29, 1.82) is 0 Å². The number of pyridine rings is 1. The van der Waals surface area contributed by atoms with Crippen molar-refractivity contribution >= 4 is 11.6 Å². The van der Waals surface area contributed by atoms with E-state index in [4.69, 9.17) is 17.4 Å². The lowest BCUT2D eigenvalue weighted by Gasteiger charge is -2.20. The van der Waals surface area contributed by atoms with Crippen LogP contribution in [0.5, 0.6) is 0 Å². The van der Waals surface area contributed by atoms with Crippen molar-refractivity contribution in [1.82, 2.24) is 10.4 Å². The fraction of sp³-hybridized carbons (Fsp3) is 0.583. The van der Waals surface area contributed by atoms with Gasteiger partial charge in [0.1, 0.15) is 0 Å². The molecule has 0 radical (unpaired) electrons. The van der Waals surface area contributed by atoms with Gasteiger partial charge in [-0.3, -0.25) is 16.3 Å². The molecule has 0 aromatic carbocycles. The molecule has 3 nitrogen and oxygen atoms in total. The van der Waals surface area contributed by atoms with E-state index in [-0.39, 0.29) is 6.04 Å². The van der Waals surface area contributed by atoms with Crippen LogP contribution in [-0.4, -0.2) is 4.98 Å². The van der Waals surface area contributed by atoms with Gasteiger partial charge in [-0.25, -0.2) is 0 Å². The van der Waals surface area contributed by atoms with Crippen LogP contribution in [0.15, 0.2) is 18.5 Å². The van der Waals surface area contributed by atoms with Gasteiger partial charge in [0.2, 0.25) is 0 Å². The second-order valence-electron chi connectivity index (χ2n) is 4.50. The van der Waals surface area contributed by atoms with E-state index in [1.165, 1.54) is 25.7 Å². The third kappa shape index (κ3) is 2.73. The van der Waals surface area contributed by atoms with E-state index in [0.29, 0.717) is 5.02 Å². The Labute approximate surface area is 101 Å². The lowest BCUT2D eigenvalue weighted by atomic mass is 9.94. The lowest BCUT2D eigenvalue weighted by molar-refractivity contribution is 0.400. The molecule has 1 heterocycles. The largest absolute Gasteiger partial charge is 0.271 e. The van der Waals surface area contributed by atoms with E-state index in [1.807, 2.05) is 6.07 Å². The molecule has 1 aliphatic carbocycles. The molecule has 0 bridgehead atoms. The fourth-order valence-electron chi connectivity index (χ4n) is 2.53. The number of nitrogens with one attached hydrogen (secondary N) is 1. The highest BCUT2D eigenvalue weighted by Crippen LogP contribution is 2.34. The number of rotatable bonds is 4. The lowest BCUT2D eigenvalue weighted by Crippen LogP contribution is -2.29. The molecule has 1 atom stereocenters. The van der Waals surface area contributed by atoms with Crippen LogP contribution in [0.4, 0.5) is 0 Å². The third-order valence-corrected chi connectivity index (χ3v) is 3.74. The van der Waals surface area contributed by atoms with Gasteiger partial charge in [-0.15, -0.1) is 0 Å². The van der Waals surface area contributed by atoms with Crippen LogP contribution in [0.2, 0.25) is 5.02 Å². The van der Waals surface area contributed by atoms with Crippen LogP contribution >= 0.6 is 11.6 Å². The highest BCUT2D eigenvalue weighted by atomic mass is 35.5. The van der Waals surface area contributed by atoms with Crippen LogP contribution in [-0.2, 0) is 0 Å². The van der Waals surface area contributed by atoms with Crippen molar-refractivity contribution in [2.24, 2.45) is 11.8 Å². The molecule has 2 rings (SSSR count). The predicted octanol–water partition coefficient (Wildman–Crippen LogP) is 2.82. The summed E-state index contributed by atoms with van der Waals surface area (Å²) in [5.41, 5.74) is 3.94. The molecule has 1 unspecified atom stereocenters. The SMILES string of the molecule is NNC(CC1CCCC1)c1ccncc1Cl. The van der Waals surface area contributed by atoms with Crippen molar-refractivity contribution in [3.05, 3.63) is 29.0 Å². The first-order valence-electron chi connectivity index (χ1n) is 5.87. The number of halogens is 1. The van der Waals surface area contributed by atoms with Gasteiger partial charge in [-0.2, -0.15) is 0 Å². The average molecular weight is 240 g/mol. The molecule has 88 valence electrons. The zero-order chi connectivity index (χ0) is 11.4. The van der Waals surface area contributed by atoms with E-state index in [9.17, 15) is 0 Å². The fourth-order valence-corrected chi connectivity index (χ4v) is 2.78. The Hall–Kier alpha value is -0.640. The topological polar surface area (TPSA) is 50.9 Å². The molecule has 4 heteroatoms. The summed E-state index contributed by atoms with van der Waals surface area (Å²) in [5.74, 6) is 6.41. The molecule has 3 N–H and O–H groups in total. The van der Waals surface area contributed by atoms with Crippen LogP contribution in [0.1, 0.15) is 43.7 Å². The van der Waals surface area contributed by atoms with Crippen molar-refractivity contribution in [3.63, 3.8) is 0 Å². The first kappa shape index (κ1) is 11.8. The van der Waals surface area contributed by atoms with Crippen LogP contribution in [0, 0.1) is 5.92 Å². The molecule has 1 aliphatic rings. The summed E-state index contributed by atoms with van der Waals surface area (Å²) in [4.78, 5) is 3.99. The number of hydrazine groups is 1. The van der Waals surface area contributed by atoms with Crippen LogP contribution < -0.4 is 11.3 Å². The Kier molecular flexibility index (Phi) is 4.16. The van der Waals surface area contributed by atoms with Crippen molar-refractivity contribution in [2.45, 2.75) is 38.1 Å². The van der Waals surface area contributed by atoms with Gasteiger partial charge < -0.3 is 0 Å². The molecular formula is C12H18ClN3. The van der Waals surface area contributed by atoms with Gasteiger partial charge in [-0.1, -0.05) is 37.3 Å². The zero-order valence-electron chi connectivity index (χ0n) is 9.32. The Bertz CT molecular complexity index is 337. The van der Waals surface area contributed by atoms with Gasteiger partial charge in [0.05, 0.1) is 5.02 Å². The molecule has 1 aromatic heterocycles. The van der Waals surface area contributed by atoms with E-state index < -0.39 is 0 Å². The average Bonchev–Trinajstić information content (AvgIpc) is 2.80. The van der Waals surface area contributed by atoms with Gasteiger partial charge in [0.15, 0.2) is 0 Å².